The SMILES string of the molecule is CCCC1(C(=O)O)CCN(Cc2cc(Br)ccc2Cl)C1. The predicted molar refractivity (Wildman–Crippen MR) is 84.0 cm³/mol. The second-order valence-corrected chi connectivity index (χ2v) is 6.85. The highest BCUT2D eigenvalue weighted by atomic mass is 79.9. The van der Waals surface area contributed by atoms with Crippen molar-refractivity contribution in [2.45, 2.75) is 32.7 Å². The number of nitrogens with zero attached hydrogens (tertiary/aromatic N) is 1. The van der Waals surface area contributed by atoms with Crippen LogP contribution in [0.15, 0.2) is 22.7 Å². The largest absolute Gasteiger partial charge is 0.481 e. The van der Waals surface area contributed by atoms with Gasteiger partial charge in [-0.1, -0.05) is 40.9 Å². The Morgan fingerprint density at radius 2 is 2.30 bits per heavy atom. The summed E-state index contributed by atoms with van der Waals surface area (Å²) >= 11 is 9.65. The van der Waals surface area contributed by atoms with E-state index in [4.69, 9.17) is 11.6 Å². The summed E-state index contributed by atoms with van der Waals surface area (Å²) in [6, 6.07) is 5.78. The van der Waals surface area contributed by atoms with Crippen LogP contribution < -0.4 is 0 Å². The van der Waals surface area contributed by atoms with E-state index in [1.54, 1.807) is 0 Å². The van der Waals surface area contributed by atoms with Gasteiger partial charge >= 0.3 is 5.97 Å². The van der Waals surface area contributed by atoms with E-state index in [1.807, 2.05) is 25.1 Å². The van der Waals surface area contributed by atoms with Crippen molar-refractivity contribution in [1.29, 1.82) is 0 Å². The number of halogens is 2. The van der Waals surface area contributed by atoms with Gasteiger partial charge in [-0.2, -0.15) is 0 Å². The first kappa shape index (κ1) is 15.8. The highest BCUT2D eigenvalue weighted by Crippen LogP contribution is 2.36. The molecule has 20 heavy (non-hydrogen) atoms. The van der Waals surface area contributed by atoms with Crippen molar-refractivity contribution in [3.05, 3.63) is 33.3 Å². The average molecular weight is 361 g/mol. The van der Waals surface area contributed by atoms with Gasteiger partial charge in [0.05, 0.1) is 5.41 Å². The molecule has 1 aliphatic rings. The van der Waals surface area contributed by atoms with E-state index in [1.165, 1.54) is 0 Å². The van der Waals surface area contributed by atoms with Crippen molar-refractivity contribution in [3.63, 3.8) is 0 Å². The van der Waals surface area contributed by atoms with Crippen LogP contribution >= 0.6 is 27.5 Å². The molecule has 1 aromatic rings. The first-order valence-corrected chi connectivity index (χ1v) is 8.03. The molecule has 1 saturated heterocycles. The topological polar surface area (TPSA) is 40.5 Å². The van der Waals surface area contributed by atoms with Crippen molar-refractivity contribution in [2.24, 2.45) is 5.41 Å². The number of carbonyl (C=O) groups is 1. The van der Waals surface area contributed by atoms with E-state index < -0.39 is 11.4 Å². The molecule has 5 heteroatoms. The molecule has 1 aromatic carbocycles. The third-order valence-corrected chi connectivity index (χ3v) is 4.88. The van der Waals surface area contributed by atoms with Gasteiger partial charge in [0.15, 0.2) is 0 Å². The summed E-state index contributed by atoms with van der Waals surface area (Å²) < 4.78 is 0.995. The Bertz CT molecular complexity index is 509. The Hall–Kier alpha value is -0.580. The fourth-order valence-corrected chi connectivity index (χ4v) is 3.55. The maximum absolute atomic E-state index is 11.6. The number of carboxylic acids is 1. The number of likely N-dealkylation sites (tertiary alicyclic amines) is 1. The molecule has 1 fully saturated rings. The van der Waals surface area contributed by atoms with E-state index in [9.17, 15) is 9.90 Å². The molecule has 0 radical (unpaired) electrons. The lowest BCUT2D eigenvalue weighted by atomic mass is 9.83. The average Bonchev–Trinajstić information content (AvgIpc) is 2.79. The Balaban J connectivity index is 2.09. The summed E-state index contributed by atoms with van der Waals surface area (Å²) in [5.74, 6) is -0.665. The van der Waals surface area contributed by atoms with Gasteiger partial charge in [-0.15, -0.1) is 0 Å². The second kappa shape index (κ2) is 6.46. The van der Waals surface area contributed by atoms with Crippen LogP contribution in [0, 0.1) is 5.41 Å². The molecule has 0 saturated carbocycles. The maximum atomic E-state index is 11.6. The minimum absolute atomic E-state index is 0.576. The molecule has 1 unspecified atom stereocenters. The van der Waals surface area contributed by atoms with Crippen LogP contribution in [0.3, 0.4) is 0 Å². The molecule has 110 valence electrons. The molecule has 0 bridgehead atoms. The third-order valence-electron chi connectivity index (χ3n) is 4.02. The fourth-order valence-electron chi connectivity index (χ4n) is 2.96. The Kier molecular flexibility index (Phi) is 5.10. The second-order valence-electron chi connectivity index (χ2n) is 5.53. The molecule has 1 aliphatic heterocycles. The zero-order valence-corrected chi connectivity index (χ0v) is 13.9. The zero-order valence-electron chi connectivity index (χ0n) is 11.5. The van der Waals surface area contributed by atoms with Gasteiger partial charge in [-0.05, 0) is 43.1 Å². The van der Waals surface area contributed by atoms with Gasteiger partial charge < -0.3 is 5.11 Å². The third kappa shape index (κ3) is 3.35. The van der Waals surface area contributed by atoms with E-state index in [-0.39, 0.29) is 0 Å². The van der Waals surface area contributed by atoms with E-state index in [2.05, 4.69) is 20.8 Å². The van der Waals surface area contributed by atoms with Gasteiger partial charge in [-0.25, -0.2) is 0 Å². The minimum Gasteiger partial charge on any atom is -0.481 e. The van der Waals surface area contributed by atoms with Crippen LogP contribution in [-0.4, -0.2) is 29.1 Å². The highest BCUT2D eigenvalue weighted by Gasteiger charge is 2.43. The monoisotopic (exact) mass is 359 g/mol. The lowest BCUT2D eigenvalue weighted by Crippen LogP contribution is -2.34. The van der Waals surface area contributed by atoms with Crippen molar-refractivity contribution >= 4 is 33.5 Å². The number of benzene rings is 1. The molecular weight excluding hydrogens is 342 g/mol. The van der Waals surface area contributed by atoms with Crippen LogP contribution in [0.4, 0.5) is 0 Å². The standard InChI is InChI=1S/C15H19BrClNO2/c1-2-5-15(14(19)20)6-7-18(10-15)9-11-8-12(16)3-4-13(11)17/h3-4,8H,2,5-7,9-10H2,1H3,(H,19,20). The van der Waals surface area contributed by atoms with Gasteiger partial charge in [0.1, 0.15) is 0 Å². The minimum atomic E-state index is -0.665. The zero-order chi connectivity index (χ0) is 14.8. The van der Waals surface area contributed by atoms with Crippen LogP contribution in [0.25, 0.3) is 0 Å². The van der Waals surface area contributed by atoms with Crippen molar-refractivity contribution in [2.75, 3.05) is 13.1 Å². The number of rotatable bonds is 5. The summed E-state index contributed by atoms with van der Waals surface area (Å²) in [7, 11) is 0. The first-order valence-electron chi connectivity index (χ1n) is 6.86. The molecule has 3 nitrogen and oxygen atoms in total. The molecule has 0 spiro atoms. The molecule has 1 heterocycles. The van der Waals surface area contributed by atoms with Crippen LogP contribution in [0.1, 0.15) is 31.7 Å². The molecule has 0 aliphatic carbocycles. The van der Waals surface area contributed by atoms with Gasteiger partial charge in [0.25, 0.3) is 0 Å². The smallest absolute Gasteiger partial charge is 0.310 e. The molecule has 0 aromatic heterocycles. The van der Waals surface area contributed by atoms with Crippen LogP contribution in [0.5, 0.6) is 0 Å². The summed E-state index contributed by atoms with van der Waals surface area (Å²) in [5, 5.41) is 10.3. The molecule has 1 atom stereocenters. The molecular formula is C15H19BrClNO2. The van der Waals surface area contributed by atoms with Crippen LogP contribution in [0.2, 0.25) is 5.02 Å². The molecule has 1 N–H and O–H groups in total. The van der Waals surface area contributed by atoms with Gasteiger partial charge in [-0.3, -0.25) is 9.69 Å². The highest BCUT2D eigenvalue weighted by molar-refractivity contribution is 9.10. The van der Waals surface area contributed by atoms with Crippen molar-refractivity contribution in [3.8, 4) is 0 Å². The molecule has 0 amide bonds. The predicted octanol–water partition coefficient (Wildman–Crippen LogP) is 4.18. The normalized spacial score (nSPS) is 23.1. The summed E-state index contributed by atoms with van der Waals surface area (Å²) in [6.45, 7) is 4.17. The quantitative estimate of drug-likeness (QED) is 0.856. The lowest BCUT2D eigenvalue weighted by molar-refractivity contribution is -0.148. The first-order chi connectivity index (χ1) is 9.47. The Labute approximate surface area is 133 Å². The maximum Gasteiger partial charge on any atom is 0.310 e. The summed E-state index contributed by atoms with van der Waals surface area (Å²) in [6.07, 6.45) is 2.37. The summed E-state index contributed by atoms with van der Waals surface area (Å²) in [5.41, 5.74) is 0.464. The summed E-state index contributed by atoms with van der Waals surface area (Å²) in [4.78, 5) is 13.8. The van der Waals surface area contributed by atoms with Crippen LogP contribution in [-0.2, 0) is 11.3 Å². The van der Waals surface area contributed by atoms with Gasteiger partial charge in [0.2, 0.25) is 0 Å². The number of carboxylic acid groups (broad SMARTS) is 1. The molecule has 2 rings (SSSR count). The fraction of sp³-hybridized carbons (Fsp3) is 0.533. The lowest BCUT2D eigenvalue weighted by Gasteiger charge is -2.24. The van der Waals surface area contributed by atoms with E-state index in [0.29, 0.717) is 13.1 Å². The van der Waals surface area contributed by atoms with E-state index in [0.717, 1.165) is 40.9 Å². The number of hydrogen-bond donors (Lipinski definition) is 1. The Morgan fingerprint density at radius 1 is 1.55 bits per heavy atom. The number of aliphatic carboxylic acids is 1. The number of hydrogen-bond acceptors (Lipinski definition) is 2. The van der Waals surface area contributed by atoms with Gasteiger partial charge in [0, 0.05) is 22.6 Å². The van der Waals surface area contributed by atoms with Crippen molar-refractivity contribution < 1.29 is 9.90 Å². The van der Waals surface area contributed by atoms with E-state index >= 15 is 0 Å². The van der Waals surface area contributed by atoms with Crippen molar-refractivity contribution in [1.82, 2.24) is 4.90 Å². The Morgan fingerprint density at radius 3 is 2.95 bits per heavy atom.